The summed E-state index contributed by atoms with van der Waals surface area (Å²) in [6, 6.07) is 5.96. The second kappa shape index (κ2) is 4.28. The molecule has 0 aliphatic carbocycles. The molecule has 0 bridgehead atoms. The van der Waals surface area contributed by atoms with E-state index in [-0.39, 0.29) is 23.3 Å². The Morgan fingerprint density at radius 3 is 2.88 bits per heavy atom. The van der Waals surface area contributed by atoms with E-state index in [0.29, 0.717) is 5.56 Å². The molecule has 1 heterocycles. The first-order valence-corrected chi connectivity index (χ1v) is 4.87. The molecule has 0 saturated carbocycles. The Morgan fingerprint density at radius 1 is 1.44 bits per heavy atom. The van der Waals surface area contributed by atoms with Gasteiger partial charge in [-0.1, -0.05) is 6.07 Å². The fourth-order valence-corrected chi connectivity index (χ4v) is 1.28. The number of hydrogen-bond acceptors (Lipinski definition) is 5. The zero-order valence-corrected chi connectivity index (χ0v) is 8.72. The molecule has 7 heteroatoms. The number of alkyl halides is 1. The third-order valence-electron chi connectivity index (χ3n) is 1.89. The first-order chi connectivity index (χ1) is 7.70. The van der Waals surface area contributed by atoms with Crippen LogP contribution in [0.25, 0.3) is 11.5 Å². The molecule has 0 aliphatic heterocycles. The molecule has 0 unspecified atom stereocenters. The van der Waals surface area contributed by atoms with Crippen molar-refractivity contribution in [2.45, 2.75) is 5.88 Å². The monoisotopic (exact) mass is 239 g/mol. The van der Waals surface area contributed by atoms with E-state index >= 15 is 0 Å². The minimum atomic E-state index is -0.484. The van der Waals surface area contributed by atoms with Gasteiger partial charge in [-0.2, -0.15) is 0 Å². The molecule has 82 valence electrons. The average Bonchev–Trinajstić information content (AvgIpc) is 2.77. The molecule has 0 fully saturated rings. The Balaban J connectivity index is 2.40. The van der Waals surface area contributed by atoms with Crippen molar-refractivity contribution in [3.8, 4) is 11.5 Å². The van der Waals surface area contributed by atoms with E-state index in [1.807, 2.05) is 0 Å². The van der Waals surface area contributed by atoms with Crippen LogP contribution in [0.4, 0.5) is 5.69 Å². The van der Waals surface area contributed by atoms with Crippen molar-refractivity contribution in [2.24, 2.45) is 0 Å². The van der Waals surface area contributed by atoms with Crippen LogP contribution in [-0.2, 0) is 5.88 Å². The Kier molecular flexibility index (Phi) is 2.82. The predicted octanol–water partition coefficient (Wildman–Crippen LogP) is 2.38. The van der Waals surface area contributed by atoms with Crippen LogP contribution in [0.3, 0.4) is 0 Å². The lowest BCUT2D eigenvalue weighted by atomic mass is 10.2. The van der Waals surface area contributed by atoms with Gasteiger partial charge >= 0.3 is 0 Å². The summed E-state index contributed by atoms with van der Waals surface area (Å²) in [7, 11) is 0. The van der Waals surface area contributed by atoms with E-state index in [4.69, 9.17) is 16.0 Å². The summed E-state index contributed by atoms with van der Waals surface area (Å²) >= 11 is 5.50. The summed E-state index contributed by atoms with van der Waals surface area (Å²) in [6.07, 6.45) is 0. The van der Waals surface area contributed by atoms with Gasteiger partial charge in [0.1, 0.15) is 5.88 Å². The third-order valence-corrected chi connectivity index (χ3v) is 2.11. The molecule has 6 nitrogen and oxygen atoms in total. The summed E-state index contributed by atoms with van der Waals surface area (Å²) in [5.41, 5.74) is 0.473. The maximum Gasteiger partial charge on any atom is 0.270 e. The number of nitro groups is 1. The summed E-state index contributed by atoms with van der Waals surface area (Å²) in [5.74, 6) is 0.615. The van der Waals surface area contributed by atoms with Crippen molar-refractivity contribution in [2.75, 3.05) is 0 Å². The molecule has 2 rings (SSSR count). The van der Waals surface area contributed by atoms with Gasteiger partial charge in [0.2, 0.25) is 11.8 Å². The highest BCUT2D eigenvalue weighted by Crippen LogP contribution is 2.22. The van der Waals surface area contributed by atoms with Crippen LogP contribution in [0.15, 0.2) is 28.7 Å². The Morgan fingerprint density at radius 2 is 2.25 bits per heavy atom. The number of nitro benzene ring substituents is 1. The molecule has 0 aliphatic rings. The highest BCUT2D eigenvalue weighted by atomic mass is 35.5. The molecule has 0 spiro atoms. The summed E-state index contributed by atoms with van der Waals surface area (Å²) in [6.45, 7) is 0. The molecule has 0 saturated heterocycles. The number of hydrogen-bond donors (Lipinski definition) is 0. The van der Waals surface area contributed by atoms with E-state index < -0.39 is 4.92 Å². The van der Waals surface area contributed by atoms with Crippen molar-refractivity contribution in [3.05, 3.63) is 40.3 Å². The summed E-state index contributed by atoms with van der Waals surface area (Å²) < 4.78 is 5.18. The zero-order chi connectivity index (χ0) is 11.5. The molecule has 0 N–H and O–H groups in total. The fraction of sp³-hybridized carbons (Fsp3) is 0.111. The molecular formula is C9H6ClN3O3. The number of rotatable bonds is 3. The van der Waals surface area contributed by atoms with Gasteiger partial charge in [-0.3, -0.25) is 10.1 Å². The standard InChI is InChI=1S/C9H6ClN3O3/c10-5-8-11-12-9(16-8)6-2-1-3-7(4-6)13(14)15/h1-4H,5H2. The van der Waals surface area contributed by atoms with Crippen LogP contribution in [0, 0.1) is 10.1 Å². The van der Waals surface area contributed by atoms with E-state index in [9.17, 15) is 10.1 Å². The molecule has 2 aromatic rings. The normalized spacial score (nSPS) is 10.3. The quantitative estimate of drug-likeness (QED) is 0.467. The number of benzene rings is 1. The molecule has 0 amide bonds. The lowest BCUT2D eigenvalue weighted by Crippen LogP contribution is -1.88. The van der Waals surface area contributed by atoms with Crippen LogP contribution in [0.2, 0.25) is 0 Å². The highest BCUT2D eigenvalue weighted by Gasteiger charge is 2.11. The van der Waals surface area contributed by atoms with Crippen molar-refractivity contribution in [3.63, 3.8) is 0 Å². The molecule has 16 heavy (non-hydrogen) atoms. The van der Waals surface area contributed by atoms with Gasteiger partial charge in [0.25, 0.3) is 5.69 Å². The first-order valence-electron chi connectivity index (χ1n) is 4.34. The van der Waals surface area contributed by atoms with Crippen LogP contribution in [-0.4, -0.2) is 15.1 Å². The summed E-state index contributed by atoms with van der Waals surface area (Å²) in [4.78, 5) is 10.1. The second-order valence-corrected chi connectivity index (χ2v) is 3.21. The number of nitrogens with zero attached hydrogens (tertiary/aromatic N) is 3. The average molecular weight is 240 g/mol. The van der Waals surface area contributed by atoms with Crippen LogP contribution in [0.5, 0.6) is 0 Å². The lowest BCUT2D eigenvalue weighted by molar-refractivity contribution is -0.384. The Hall–Kier alpha value is -1.95. The second-order valence-electron chi connectivity index (χ2n) is 2.94. The van der Waals surface area contributed by atoms with Crippen LogP contribution < -0.4 is 0 Å². The number of non-ortho nitro benzene ring substituents is 1. The Labute approximate surface area is 95.0 Å². The molecule has 0 atom stereocenters. The molecular weight excluding hydrogens is 234 g/mol. The van der Waals surface area contributed by atoms with Crippen LogP contribution in [0.1, 0.15) is 5.89 Å². The van der Waals surface area contributed by atoms with Gasteiger partial charge in [0, 0.05) is 17.7 Å². The number of halogens is 1. The fourth-order valence-electron chi connectivity index (χ4n) is 1.18. The molecule has 1 aromatic carbocycles. The predicted molar refractivity (Wildman–Crippen MR) is 55.9 cm³/mol. The maximum absolute atomic E-state index is 10.6. The Bertz CT molecular complexity index is 526. The van der Waals surface area contributed by atoms with E-state index in [2.05, 4.69) is 10.2 Å². The van der Waals surface area contributed by atoms with Gasteiger partial charge in [0.05, 0.1) is 4.92 Å². The van der Waals surface area contributed by atoms with Gasteiger partial charge < -0.3 is 4.42 Å². The first kappa shape index (κ1) is 10.6. The van der Waals surface area contributed by atoms with E-state index in [1.54, 1.807) is 12.1 Å². The van der Waals surface area contributed by atoms with E-state index in [0.717, 1.165) is 0 Å². The topological polar surface area (TPSA) is 82.1 Å². The zero-order valence-electron chi connectivity index (χ0n) is 7.96. The van der Waals surface area contributed by atoms with Gasteiger partial charge in [-0.25, -0.2) is 0 Å². The van der Waals surface area contributed by atoms with Gasteiger partial charge in [-0.15, -0.1) is 21.8 Å². The largest absolute Gasteiger partial charge is 0.419 e. The minimum Gasteiger partial charge on any atom is -0.419 e. The SMILES string of the molecule is O=[N+]([O-])c1cccc(-c2nnc(CCl)o2)c1. The van der Waals surface area contributed by atoms with Crippen molar-refractivity contribution < 1.29 is 9.34 Å². The van der Waals surface area contributed by atoms with E-state index in [1.165, 1.54) is 12.1 Å². The third kappa shape index (κ3) is 2.01. The lowest BCUT2D eigenvalue weighted by Gasteiger charge is -1.94. The highest BCUT2D eigenvalue weighted by molar-refractivity contribution is 6.16. The van der Waals surface area contributed by atoms with Gasteiger partial charge in [0.15, 0.2) is 0 Å². The van der Waals surface area contributed by atoms with Crippen LogP contribution >= 0.6 is 11.6 Å². The van der Waals surface area contributed by atoms with Crippen molar-refractivity contribution in [1.29, 1.82) is 0 Å². The molecule has 0 radical (unpaired) electrons. The van der Waals surface area contributed by atoms with Gasteiger partial charge in [-0.05, 0) is 6.07 Å². The molecule has 1 aromatic heterocycles. The van der Waals surface area contributed by atoms with Crippen molar-refractivity contribution in [1.82, 2.24) is 10.2 Å². The van der Waals surface area contributed by atoms with Crippen molar-refractivity contribution >= 4 is 17.3 Å². The number of aromatic nitrogens is 2. The smallest absolute Gasteiger partial charge is 0.270 e. The maximum atomic E-state index is 10.6. The summed E-state index contributed by atoms with van der Waals surface area (Å²) in [5, 5.41) is 18.0. The minimum absolute atomic E-state index is 0.0249.